The Balaban J connectivity index is 2.13. The van der Waals surface area contributed by atoms with Crippen LogP contribution in [0.25, 0.3) is 0 Å². The van der Waals surface area contributed by atoms with Crippen molar-refractivity contribution in [3.63, 3.8) is 0 Å². The van der Waals surface area contributed by atoms with E-state index in [0.29, 0.717) is 6.04 Å². The maximum Gasteiger partial charge on any atom is 0.355 e. The highest BCUT2D eigenvalue weighted by molar-refractivity contribution is 7.16. The van der Waals surface area contributed by atoms with Crippen LogP contribution in [0.5, 0.6) is 0 Å². The van der Waals surface area contributed by atoms with Gasteiger partial charge in [0.2, 0.25) is 0 Å². The predicted octanol–water partition coefficient (Wildman–Crippen LogP) is 3.71. The maximum atomic E-state index is 11.1. The molecule has 0 aromatic carbocycles. The zero-order valence-electron chi connectivity index (χ0n) is 10.9. The quantitative estimate of drug-likeness (QED) is 0.873. The molecule has 4 nitrogen and oxygen atoms in total. The normalized spacial score (nSPS) is 17.1. The molecule has 0 atom stereocenters. The number of carboxylic acid groups (broad SMARTS) is 1. The van der Waals surface area contributed by atoms with E-state index >= 15 is 0 Å². The lowest BCUT2D eigenvalue weighted by atomic mass is 9.96. The highest BCUT2D eigenvalue weighted by Crippen LogP contribution is 2.31. The highest BCUT2D eigenvalue weighted by atomic mass is 32.1. The van der Waals surface area contributed by atoms with Crippen LogP contribution in [-0.4, -0.2) is 22.1 Å². The smallest absolute Gasteiger partial charge is 0.355 e. The summed E-state index contributed by atoms with van der Waals surface area (Å²) in [7, 11) is 0. The van der Waals surface area contributed by atoms with Crippen molar-refractivity contribution in [2.24, 2.45) is 0 Å². The molecule has 2 rings (SSSR count). The molecule has 18 heavy (non-hydrogen) atoms. The predicted molar refractivity (Wildman–Crippen MR) is 73.7 cm³/mol. The zero-order chi connectivity index (χ0) is 13.1. The lowest BCUT2D eigenvalue weighted by Gasteiger charge is -2.22. The second kappa shape index (κ2) is 5.69. The van der Waals surface area contributed by atoms with E-state index in [2.05, 4.69) is 10.3 Å². The molecular weight excluding hydrogens is 248 g/mol. The third kappa shape index (κ3) is 3.02. The molecule has 0 spiro atoms. The Hall–Kier alpha value is -1.10. The molecular formula is C13H20N2O2S. The number of hydrogen-bond donors (Lipinski definition) is 2. The number of hydrogen-bond acceptors (Lipinski definition) is 4. The first kappa shape index (κ1) is 13.3. The van der Waals surface area contributed by atoms with Crippen LogP contribution in [0.4, 0.5) is 5.13 Å². The van der Waals surface area contributed by atoms with Crippen LogP contribution in [0.2, 0.25) is 0 Å². The van der Waals surface area contributed by atoms with E-state index in [1.807, 2.05) is 13.8 Å². The Bertz CT molecular complexity index is 423. The molecule has 1 heterocycles. The van der Waals surface area contributed by atoms with Gasteiger partial charge in [0.05, 0.1) is 0 Å². The van der Waals surface area contributed by atoms with Crippen molar-refractivity contribution in [2.75, 3.05) is 5.32 Å². The average Bonchev–Trinajstić information content (AvgIpc) is 2.74. The number of thiazole rings is 1. The number of carbonyl (C=O) groups is 1. The molecule has 0 amide bonds. The van der Waals surface area contributed by atoms with Crippen molar-refractivity contribution in [2.45, 2.75) is 57.9 Å². The molecule has 1 saturated carbocycles. The zero-order valence-corrected chi connectivity index (χ0v) is 11.7. The van der Waals surface area contributed by atoms with E-state index in [9.17, 15) is 4.79 Å². The van der Waals surface area contributed by atoms with Crippen LogP contribution in [0.15, 0.2) is 0 Å². The van der Waals surface area contributed by atoms with Crippen molar-refractivity contribution >= 4 is 22.4 Å². The summed E-state index contributed by atoms with van der Waals surface area (Å²) in [6.07, 6.45) is 6.16. The fourth-order valence-corrected chi connectivity index (χ4v) is 3.40. The van der Waals surface area contributed by atoms with Gasteiger partial charge >= 0.3 is 5.97 Å². The molecule has 5 heteroatoms. The Morgan fingerprint density at radius 1 is 1.39 bits per heavy atom. The van der Waals surface area contributed by atoms with Crippen molar-refractivity contribution in [1.29, 1.82) is 0 Å². The summed E-state index contributed by atoms with van der Waals surface area (Å²) in [5.41, 5.74) is 0.216. The maximum absolute atomic E-state index is 11.1. The summed E-state index contributed by atoms with van der Waals surface area (Å²) >= 11 is 1.49. The first-order valence-electron chi connectivity index (χ1n) is 6.58. The topological polar surface area (TPSA) is 62.2 Å². The molecule has 0 aliphatic heterocycles. The standard InChI is InChI=1S/C13H20N2O2S/c1-8(2)11-10(12(16)17)15-13(18-11)14-9-6-4-3-5-7-9/h8-9H,3-7H2,1-2H3,(H,14,15)(H,16,17). The van der Waals surface area contributed by atoms with Crippen LogP contribution < -0.4 is 5.32 Å². The van der Waals surface area contributed by atoms with E-state index in [0.717, 1.165) is 10.0 Å². The Morgan fingerprint density at radius 3 is 2.56 bits per heavy atom. The third-order valence-corrected chi connectivity index (χ3v) is 4.60. The van der Waals surface area contributed by atoms with Crippen LogP contribution in [0.3, 0.4) is 0 Å². The van der Waals surface area contributed by atoms with Crippen molar-refractivity contribution in [1.82, 2.24) is 4.98 Å². The molecule has 1 aromatic rings. The second-order valence-electron chi connectivity index (χ2n) is 5.17. The fraction of sp³-hybridized carbons (Fsp3) is 0.692. The largest absolute Gasteiger partial charge is 0.476 e. The monoisotopic (exact) mass is 268 g/mol. The van der Waals surface area contributed by atoms with E-state index in [1.54, 1.807) is 0 Å². The van der Waals surface area contributed by atoms with Gasteiger partial charge in [0.1, 0.15) is 0 Å². The summed E-state index contributed by atoms with van der Waals surface area (Å²) in [6.45, 7) is 4.01. The van der Waals surface area contributed by atoms with Gasteiger partial charge in [0.25, 0.3) is 0 Å². The molecule has 1 fully saturated rings. The molecule has 1 aromatic heterocycles. The summed E-state index contributed by atoms with van der Waals surface area (Å²) in [6, 6.07) is 0.464. The summed E-state index contributed by atoms with van der Waals surface area (Å²) in [5, 5.41) is 13.3. The number of rotatable bonds is 4. The van der Waals surface area contributed by atoms with Gasteiger partial charge in [0.15, 0.2) is 10.8 Å². The molecule has 2 N–H and O–H groups in total. The van der Waals surface area contributed by atoms with Gasteiger partial charge in [0, 0.05) is 10.9 Å². The molecule has 100 valence electrons. The van der Waals surface area contributed by atoms with E-state index in [4.69, 9.17) is 5.11 Å². The molecule has 0 saturated heterocycles. The fourth-order valence-electron chi connectivity index (χ4n) is 2.36. The van der Waals surface area contributed by atoms with Gasteiger partial charge in [-0.05, 0) is 18.8 Å². The van der Waals surface area contributed by atoms with Gasteiger partial charge in [-0.1, -0.05) is 33.1 Å². The number of aromatic carboxylic acids is 1. The Kier molecular flexibility index (Phi) is 4.22. The van der Waals surface area contributed by atoms with Gasteiger partial charge < -0.3 is 10.4 Å². The summed E-state index contributed by atoms with van der Waals surface area (Å²) in [4.78, 5) is 16.2. The van der Waals surface area contributed by atoms with E-state index < -0.39 is 5.97 Å². The van der Waals surface area contributed by atoms with E-state index in [-0.39, 0.29) is 11.6 Å². The van der Waals surface area contributed by atoms with E-state index in [1.165, 1.54) is 43.4 Å². The molecule has 1 aliphatic carbocycles. The number of anilines is 1. The molecule has 0 radical (unpaired) electrons. The van der Waals surface area contributed by atoms with Crippen molar-refractivity contribution in [3.8, 4) is 0 Å². The first-order chi connectivity index (χ1) is 8.58. The Morgan fingerprint density at radius 2 is 2.06 bits per heavy atom. The molecule has 1 aliphatic rings. The van der Waals surface area contributed by atoms with Crippen molar-refractivity contribution < 1.29 is 9.90 Å². The second-order valence-corrected chi connectivity index (χ2v) is 6.20. The highest BCUT2D eigenvalue weighted by Gasteiger charge is 2.21. The van der Waals surface area contributed by atoms with Crippen molar-refractivity contribution in [3.05, 3.63) is 10.6 Å². The van der Waals surface area contributed by atoms with Crippen LogP contribution >= 0.6 is 11.3 Å². The van der Waals surface area contributed by atoms with Crippen LogP contribution in [0, 0.1) is 0 Å². The molecule has 0 bridgehead atoms. The minimum Gasteiger partial charge on any atom is -0.476 e. The van der Waals surface area contributed by atoms with Crippen LogP contribution in [-0.2, 0) is 0 Å². The minimum atomic E-state index is -0.924. The first-order valence-corrected chi connectivity index (χ1v) is 7.40. The third-order valence-electron chi connectivity index (χ3n) is 3.31. The van der Waals surface area contributed by atoms with Gasteiger partial charge in [-0.15, -0.1) is 11.3 Å². The van der Waals surface area contributed by atoms with Gasteiger partial charge in [-0.3, -0.25) is 0 Å². The number of carboxylic acids is 1. The Labute approximate surface area is 111 Å². The number of nitrogens with one attached hydrogen (secondary N) is 1. The number of aromatic nitrogens is 1. The minimum absolute atomic E-state index is 0.204. The summed E-state index contributed by atoms with van der Waals surface area (Å²) < 4.78 is 0. The SMILES string of the molecule is CC(C)c1sc(NC2CCCCC2)nc1C(=O)O. The molecule has 0 unspecified atom stereocenters. The summed E-state index contributed by atoms with van der Waals surface area (Å²) in [5.74, 6) is -0.720. The van der Waals surface area contributed by atoms with Gasteiger partial charge in [-0.2, -0.15) is 0 Å². The lowest BCUT2D eigenvalue weighted by Crippen LogP contribution is -2.22. The van der Waals surface area contributed by atoms with Crippen LogP contribution in [0.1, 0.15) is 67.2 Å². The average molecular weight is 268 g/mol. The number of nitrogens with zero attached hydrogens (tertiary/aromatic N) is 1. The van der Waals surface area contributed by atoms with Gasteiger partial charge in [-0.25, -0.2) is 9.78 Å². The lowest BCUT2D eigenvalue weighted by molar-refractivity contribution is 0.0690.